The first kappa shape index (κ1) is 17.0. The molecule has 3 aliphatic rings. The molecule has 0 heterocycles. The van der Waals surface area contributed by atoms with Crippen LogP contribution in [0.1, 0.15) is 64.2 Å². The van der Waals surface area contributed by atoms with E-state index < -0.39 is 12.3 Å². The topological polar surface area (TPSA) is 20.2 Å². The zero-order valence-corrected chi connectivity index (χ0v) is 14.0. The molecule has 1 nitrogen and oxygen atoms in total. The normalized spacial score (nSPS) is 50.7. The summed E-state index contributed by atoms with van der Waals surface area (Å²) >= 11 is 6.05. The average molecular weight is 335 g/mol. The van der Waals surface area contributed by atoms with Gasteiger partial charge in [-0.1, -0.05) is 0 Å². The summed E-state index contributed by atoms with van der Waals surface area (Å²) in [5, 5.41) is 9.58. The van der Waals surface area contributed by atoms with Crippen molar-refractivity contribution in [3.05, 3.63) is 0 Å². The van der Waals surface area contributed by atoms with Gasteiger partial charge in [-0.25, -0.2) is 8.78 Å². The average Bonchev–Trinajstić information content (AvgIpc) is 2.48. The van der Waals surface area contributed by atoms with Crippen LogP contribution in [0, 0.1) is 23.7 Å². The quantitative estimate of drug-likeness (QED) is 0.701. The van der Waals surface area contributed by atoms with E-state index in [4.69, 9.17) is 11.6 Å². The lowest BCUT2D eigenvalue weighted by Crippen LogP contribution is -2.40. The van der Waals surface area contributed by atoms with E-state index >= 15 is 0 Å². The van der Waals surface area contributed by atoms with Crippen LogP contribution in [0.5, 0.6) is 0 Å². The molecule has 0 saturated heterocycles. The molecule has 4 heteroatoms. The Morgan fingerprint density at radius 2 is 1.23 bits per heavy atom. The molecular weight excluding hydrogens is 306 g/mol. The molecule has 6 unspecified atom stereocenters. The number of alkyl halides is 3. The minimum Gasteiger partial charge on any atom is -0.393 e. The molecule has 0 amide bonds. The van der Waals surface area contributed by atoms with Crippen LogP contribution in [0.15, 0.2) is 0 Å². The first-order valence-corrected chi connectivity index (χ1v) is 9.58. The summed E-state index contributed by atoms with van der Waals surface area (Å²) in [6.07, 6.45) is 6.34. The van der Waals surface area contributed by atoms with Crippen molar-refractivity contribution in [3.63, 3.8) is 0 Å². The van der Waals surface area contributed by atoms with Gasteiger partial charge in [0, 0.05) is 5.38 Å². The molecule has 0 bridgehead atoms. The van der Waals surface area contributed by atoms with Crippen molar-refractivity contribution >= 4 is 11.6 Å². The lowest BCUT2D eigenvalue weighted by atomic mass is 9.65. The Labute approximate surface area is 137 Å². The molecule has 0 radical (unpaired) electrons. The third kappa shape index (κ3) is 3.77. The SMILES string of the molecule is OC1CCC(C2CCC(C3CCC(Cl)CC3F)CC2F)CC1. The number of rotatable bonds is 2. The highest BCUT2D eigenvalue weighted by Crippen LogP contribution is 2.46. The fraction of sp³-hybridized carbons (Fsp3) is 1.00. The minimum absolute atomic E-state index is 0.0300. The van der Waals surface area contributed by atoms with Gasteiger partial charge >= 0.3 is 0 Å². The van der Waals surface area contributed by atoms with E-state index in [-0.39, 0.29) is 29.2 Å². The van der Waals surface area contributed by atoms with Gasteiger partial charge in [0.15, 0.2) is 0 Å². The maximum Gasteiger partial charge on any atom is 0.105 e. The zero-order valence-electron chi connectivity index (χ0n) is 13.3. The van der Waals surface area contributed by atoms with Crippen LogP contribution in [0.4, 0.5) is 8.78 Å². The summed E-state index contributed by atoms with van der Waals surface area (Å²) in [6, 6.07) is 0. The maximum atomic E-state index is 14.7. The number of hydrogen-bond acceptors (Lipinski definition) is 1. The van der Waals surface area contributed by atoms with Crippen LogP contribution in [0.2, 0.25) is 0 Å². The van der Waals surface area contributed by atoms with Crippen molar-refractivity contribution in [2.45, 2.75) is 88.0 Å². The molecule has 0 aliphatic heterocycles. The van der Waals surface area contributed by atoms with Gasteiger partial charge in [-0.2, -0.15) is 0 Å². The second kappa shape index (κ2) is 7.34. The minimum atomic E-state index is -0.838. The summed E-state index contributed by atoms with van der Waals surface area (Å²) in [5.41, 5.74) is 0. The second-order valence-corrected chi connectivity index (χ2v) is 8.53. The van der Waals surface area contributed by atoms with Crippen LogP contribution >= 0.6 is 11.6 Å². The second-order valence-electron chi connectivity index (χ2n) is 7.91. The van der Waals surface area contributed by atoms with E-state index in [9.17, 15) is 13.9 Å². The van der Waals surface area contributed by atoms with E-state index in [2.05, 4.69) is 0 Å². The van der Waals surface area contributed by atoms with Gasteiger partial charge < -0.3 is 5.11 Å². The third-order valence-corrected chi connectivity index (χ3v) is 6.97. The molecule has 0 aromatic rings. The predicted molar refractivity (Wildman–Crippen MR) is 85.6 cm³/mol. The van der Waals surface area contributed by atoms with E-state index in [1.54, 1.807) is 0 Å². The maximum absolute atomic E-state index is 14.7. The van der Waals surface area contributed by atoms with Crippen molar-refractivity contribution in [1.82, 2.24) is 0 Å². The van der Waals surface area contributed by atoms with Crippen LogP contribution in [0.3, 0.4) is 0 Å². The smallest absolute Gasteiger partial charge is 0.105 e. The Kier molecular flexibility index (Phi) is 5.65. The molecule has 6 atom stereocenters. The predicted octanol–water partition coefficient (Wildman–Crippen LogP) is 5.04. The fourth-order valence-corrected chi connectivity index (χ4v) is 5.54. The van der Waals surface area contributed by atoms with Crippen molar-refractivity contribution in [1.29, 1.82) is 0 Å². The first-order chi connectivity index (χ1) is 10.5. The van der Waals surface area contributed by atoms with Crippen molar-refractivity contribution in [2.75, 3.05) is 0 Å². The molecular formula is C18H29ClF2O. The molecule has 0 aromatic heterocycles. The van der Waals surface area contributed by atoms with E-state index in [0.29, 0.717) is 18.8 Å². The largest absolute Gasteiger partial charge is 0.393 e. The third-order valence-electron chi connectivity index (χ3n) is 6.57. The number of hydrogen-bond donors (Lipinski definition) is 1. The molecule has 22 heavy (non-hydrogen) atoms. The van der Waals surface area contributed by atoms with Gasteiger partial charge in [0.25, 0.3) is 0 Å². The van der Waals surface area contributed by atoms with Gasteiger partial charge in [0.2, 0.25) is 0 Å². The van der Waals surface area contributed by atoms with Gasteiger partial charge in [0.05, 0.1) is 6.10 Å². The van der Waals surface area contributed by atoms with Gasteiger partial charge in [-0.05, 0) is 87.9 Å². The Hall–Kier alpha value is 0.110. The van der Waals surface area contributed by atoms with Gasteiger partial charge in [-0.15, -0.1) is 11.6 Å². The summed E-state index contributed by atoms with van der Waals surface area (Å²) in [5.74, 6) is 0.812. The molecule has 3 fully saturated rings. The highest BCUT2D eigenvalue weighted by Gasteiger charge is 2.42. The summed E-state index contributed by atoms with van der Waals surface area (Å²) < 4.78 is 29.0. The molecule has 3 rings (SSSR count). The standard InChI is InChI=1S/C18H29ClF2O/c19-13-4-8-16(18(21)10-13)12-3-7-15(17(20)9-12)11-1-5-14(22)6-2-11/h11-18,22H,1-10H2. The van der Waals surface area contributed by atoms with Crippen molar-refractivity contribution in [2.24, 2.45) is 23.7 Å². The molecule has 128 valence electrons. The van der Waals surface area contributed by atoms with E-state index in [1.807, 2.05) is 0 Å². The van der Waals surface area contributed by atoms with Crippen molar-refractivity contribution < 1.29 is 13.9 Å². The molecule has 0 spiro atoms. The highest BCUT2D eigenvalue weighted by atomic mass is 35.5. The highest BCUT2D eigenvalue weighted by molar-refractivity contribution is 6.20. The number of aliphatic hydroxyl groups excluding tert-OH is 1. The van der Waals surface area contributed by atoms with Gasteiger partial charge in [0.1, 0.15) is 12.3 Å². The molecule has 1 N–H and O–H groups in total. The van der Waals surface area contributed by atoms with Gasteiger partial charge in [-0.3, -0.25) is 0 Å². The van der Waals surface area contributed by atoms with E-state index in [1.165, 1.54) is 0 Å². The van der Waals surface area contributed by atoms with Crippen LogP contribution in [-0.2, 0) is 0 Å². The molecule has 3 saturated carbocycles. The first-order valence-electron chi connectivity index (χ1n) is 9.15. The Morgan fingerprint density at radius 1 is 0.682 bits per heavy atom. The summed E-state index contributed by atoms with van der Waals surface area (Å²) in [4.78, 5) is 0. The van der Waals surface area contributed by atoms with E-state index in [0.717, 1.165) is 51.4 Å². The number of aliphatic hydroxyl groups is 1. The number of halogens is 3. The summed E-state index contributed by atoms with van der Waals surface area (Å²) in [6.45, 7) is 0. The lowest BCUT2D eigenvalue weighted by molar-refractivity contribution is 0.00629. The Morgan fingerprint density at radius 3 is 1.86 bits per heavy atom. The lowest BCUT2D eigenvalue weighted by Gasteiger charge is -2.43. The fourth-order valence-electron chi connectivity index (χ4n) is 5.24. The van der Waals surface area contributed by atoms with Crippen LogP contribution < -0.4 is 0 Å². The zero-order chi connectivity index (χ0) is 15.7. The summed E-state index contributed by atoms with van der Waals surface area (Å²) in [7, 11) is 0. The molecule has 3 aliphatic carbocycles. The Balaban J connectivity index is 1.53. The van der Waals surface area contributed by atoms with Crippen LogP contribution in [-0.4, -0.2) is 28.9 Å². The molecule has 0 aromatic carbocycles. The van der Waals surface area contributed by atoms with Crippen LogP contribution in [0.25, 0.3) is 0 Å². The Bertz CT molecular complexity index is 359. The monoisotopic (exact) mass is 334 g/mol. The van der Waals surface area contributed by atoms with Crippen molar-refractivity contribution in [3.8, 4) is 0 Å².